The molecule has 0 saturated carbocycles. The van der Waals surface area contributed by atoms with Gasteiger partial charge in [0, 0.05) is 33.9 Å². The Bertz CT molecular complexity index is 2220. The molecule has 7 amide bonds. The topological polar surface area (TPSA) is 161 Å². The fourth-order valence-electron chi connectivity index (χ4n) is 6.04. The van der Waals surface area contributed by atoms with Crippen LogP contribution in [0.4, 0.5) is 38.0 Å². The third-order valence-corrected chi connectivity index (χ3v) is 8.60. The zero-order valence-corrected chi connectivity index (χ0v) is 27.9. The second-order valence-corrected chi connectivity index (χ2v) is 12.2. The Labute approximate surface area is 298 Å². The summed E-state index contributed by atoms with van der Waals surface area (Å²) < 4.78 is 0. The molecule has 7 rings (SSSR count). The molecule has 2 heterocycles. The molecule has 5 aromatic rings. The molecule has 0 radical (unpaired) electrons. The average molecular weight is 692 g/mol. The van der Waals surface area contributed by atoms with E-state index < -0.39 is 12.1 Å². The minimum atomic E-state index is -0.516. The lowest BCUT2D eigenvalue weighted by molar-refractivity contribution is -0.116. The summed E-state index contributed by atoms with van der Waals surface area (Å²) in [6.07, 6.45) is 0. The third kappa shape index (κ3) is 7.07. The van der Waals surface area contributed by atoms with Crippen LogP contribution in [0.1, 0.15) is 40.0 Å². The number of fused-ring (bicyclic) bond motifs is 1. The Balaban J connectivity index is 1.11. The number of carbonyl (C=O) groups excluding carboxylic acids is 5. The Hall–Kier alpha value is -7.21. The number of rotatable bonds is 9. The predicted molar refractivity (Wildman–Crippen MR) is 201 cm³/mol. The highest BCUT2D eigenvalue weighted by molar-refractivity contribution is 6.37. The third-order valence-electron chi connectivity index (χ3n) is 8.60. The van der Waals surface area contributed by atoms with Gasteiger partial charge in [-0.3, -0.25) is 14.4 Å². The van der Waals surface area contributed by atoms with Crippen molar-refractivity contribution in [1.82, 2.24) is 10.6 Å². The molecule has 52 heavy (non-hydrogen) atoms. The Morgan fingerprint density at radius 3 is 2.06 bits per heavy atom. The number of urea groups is 2. The molecule has 0 aromatic heterocycles. The van der Waals surface area contributed by atoms with Crippen molar-refractivity contribution in [2.45, 2.75) is 13.0 Å². The average Bonchev–Trinajstić information content (AvgIpc) is 3.67. The van der Waals surface area contributed by atoms with E-state index in [9.17, 15) is 24.0 Å². The number of hydrogen-bond donors (Lipinski definition) is 6. The van der Waals surface area contributed by atoms with Gasteiger partial charge in [-0.05, 0) is 78.7 Å². The van der Waals surface area contributed by atoms with Gasteiger partial charge in [-0.15, -0.1) is 0 Å². The monoisotopic (exact) mass is 691 g/mol. The van der Waals surface area contributed by atoms with Crippen molar-refractivity contribution in [2.75, 3.05) is 32.7 Å². The van der Waals surface area contributed by atoms with Gasteiger partial charge in [-0.1, -0.05) is 66.7 Å². The van der Waals surface area contributed by atoms with Crippen LogP contribution in [0.5, 0.6) is 0 Å². The molecule has 1 fully saturated rings. The normalized spacial score (nSPS) is 14.9. The largest absolute Gasteiger partial charge is 0.354 e. The van der Waals surface area contributed by atoms with Crippen LogP contribution in [0.2, 0.25) is 0 Å². The van der Waals surface area contributed by atoms with Gasteiger partial charge in [0.1, 0.15) is 0 Å². The quantitative estimate of drug-likeness (QED) is 0.0736. The van der Waals surface area contributed by atoms with Gasteiger partial charge in [-0.2, -0.15) is 0 Å². The number of anilines is 5. The molecule has 2 aliphatic rings. The van der Waals surface area contributed by atoms with Gasteiger partial charge in [0.25, 0.3) is 17.7 Å². The summed E-state index contributed by atoms with van der Waals surface area (Å²) in [7, 11) is 0. The number of carbonyl (C=O) groups is 5. The minimum absolute atomic E-state index is 0.0613. The van der Waals surface area contributed by atoms with Crippen LogP contribution in [0, 0.1) is 0 Å². The summed E-state index contributed by atoms with van der Waals surface area (Å²) >= 11 is 0. The molecule has 12 nitrogen and oxygen atoms in total. The van der Waals surface area contributed by atoms with E-state index in [1.165, 1.54) is 0 Å². The Kier molecular flexibility index (Phi) is 9.18. The molecule has 0 bridgehead atoms. The molecule has 12 heteroatoms. The first-order chi connectivity index (χ1) is 25.2. The van der Waals surface area contributed by atoms with E-state index in [-0.39, 0.29) is 30.3 Å². The lowest BCUT2D eigenvalue weighted by Crippen LogP contribution is -2.30. The van der Waals surface area contributed by atoms with E-state index in [1.807, 2.05) is 73.7 Å². The van der Waals surface area contributed by atoms with Crippen LogP contribution in [-0.4, -0.2) is 36.3 Å². The van der Waals surface area contributed by atoms with E-state index in [1.54, 1.807) is 60.7 Å². The first-order valence-corrected chi connectivity index (χ1v) is 16.5. The summed E-state index contributed by atoms with van der Waals surface area (Å²) in [5.74, 6) is -0.956. The maximum Gasteiger partial charge on any atom is 0.329 e. The Morgan fingerprint density at radius 1 is 0.692 bits per heavy atom. The van der Waals surface area contributed by atoms with Crippen LogP contribution in [0.15, 0.2) is 127 Å². The zero-order chi connectivity index (χ0) is 36.2. The van der Waals surface area contributed by atoms with Gasteiger partial charge in [0.2, 0.25) is 0 Å². The zero-order valence-electron chi connectivity index (χ0n) is 27.9. The van der Waals surface area contributed by atoms with Crippen molar-refractivity contribution >= 4 is 69.5 Å². The number of hydrogen-bond acceptors (Lipinski definition) is 6. The van der Waals surface area contributed by atoms with Crippen LogP contribution < -0.4 is 36.8 Å². The number of benzene rings is 5. The maximum atomic E-state index is 13.6. The smallest absolute Gasteiger partial charge is 0.329 e. The molecule has 1 atom stereocenters. The van der Waals surface area contributed by atoms with Gasteiger partial charge >= 0.3 is 12.1 Å². The van der Waals surface area contributed by atoms with Gasteiger partial charge in [-0.25, -0.2) is 14.5 Å². The van der Waals surface area contributed by atoms with Crippen LogP contribution in [0.25, 0.3) is 11.3 Å². The van der Waals surface area contributed by atoms with E-state index in [0.29, 0.717) is 50.8 Å². The summed E-state index contributed by atoms with van der Waals surface area (Å²) in [6, 6.07) is 36.3. The first kappa shape index (κ1) is 33.3. The fraction of sp³-hybridized carbons (Fsp3) is 0.0750. The van der Waals surface area contributed by atoms with Gasteiger partial charge in [0.05, 0.1) is 29.5 Å². The van der Waals surface area contributed by atoms with Crippen molar-refractivity contribution in [2.24, 2.45) is 0 Å². The van der Waals surface area contributed by atoms with E-state index in [4.69, 9.17) is 0 Å². The van der Waals surface area contributed by atoms with Crippen molar-refractivity contribution in [3.05, 3.63) is 150 Å². The number of nitrogens with one attached hydrogen (secondary N) is 6. The molecule has 0 spiro atoms. The van der Waals surface area contributed by atoms with E-state index >= 15 is 0 Å². The van der Waals surface area contributed by atoms with Crippen LogP contribution >= 0.6 is 0 Å². The lowest BCUT2D eigenvalue weighted by Gasteiger charge is -2.17. The lowest BCUT2D eigenvalue weighted by atomic mass is 9.98. The summed E-state index contributed by atoms with van der Waals surface area (Å²) in [6.45, 7) is 1.86. The highest BCUT2D eigenvalue weighted by Crippen LogP contribution is 2.38. The van der Waals surface area contributed by atoms with Crippen molar-refractivity contribution in [3.63, 3.8) is 0 Å². The molecule has 5 aromatic carbocycles. The van der Waals surface area contributed by atoms with E-state index in [2.05, 4.69) is 31.9 Å². The van der Waals surface area contributed by atoms with Crippen LogP contribution in [0.3, 0.4) is 0 Å². The second-order valence-electron chi connectivity index (χ2n) is 12.2. The molecular formula is C40H33N7O5. The standard InChI is InChI=1S/C40H33N7O5/c1-24(25-9-4-2-5-10-25)42-37(49)27-15-20-33-32(21-27)35(38(50)46-33)36(26-11-6-3-7-12-26)43-29-13-8-14-30(22-29)45-39(51)44-28-16-18-31(19-17-28)47-34(48)23-41-40(47)52/h2-22,24,43H,23H2,1H3,(H,41,52)(H,42,49)(H,46,50)(H2,44,45,51)/b36-35-/t24-/m0/s1. The minimum Gasteiger partial charge on any atom is -0.354 e. The number of nitrogens with zero attached hydrogens (tertiary/aromatic N) is 1. The molecular weight excluding hydrogens is 658 g/mol. The van der Waals surface area contributed by atoms with Gasteiger partial charge < -0.3 is 31.9 Å². The molecule has 1 saturated heterocycles. The Morgan fingerprint density at radius 2 is 1.37 bits per heavy atom. The van der Waals surface area contributed by atoms with Crippen LogP contribution in [-0.2, 0) is 9.59 Å². The van der Waals surface area contributed by atoms with Crippen molar-refractivity contribution in [1.29, 1.82) is 0 Å². The highest BCUT2D eigenvalue weighted by Gasteiger charge is 2.31. The summed E-state index contributed by atoms with van der Waals surface area (Å²) in [5.41, 5.74) is 6.05. The predicted octanol–water partition coefficient (Wildman–Crippen LogP) is 6.81. The molecule has 6 N–H and O–H groups in total. The van der Waals surface area contributed by atoms with Crippen molar-refractivity contribution in [3.8, 4) is 0 Å². The SMILES string of the molecule is C[C@H](NC(=O)c1ccc2c(c1)/C(=C(/Nc1cccc(NC(=O)Nc3ccc(N4C(=O)CNC4=O)cc3)c1)c1ccccc1)C(=O)N2)c1ccccc1. The fourth-order valence-corrected chi connectivity index (χ4v) is 6.04. The maximum absolute atomic E-state index is 13.6. The van der Waals surface area contributed by atoms with Crippen molar-refractivity contribution < 1.29 is 24.0 Å². The molecule has 2 aliphatic heterocycles. The summed E-state index contributed by atoms with van der Waals surface area (Å²) in [4.78, 5) is 64.9. The number of imide groups is 1. The highest BCUT2D eigenvalue weighted by atomic mass is 16.2. The van der Waals surface area contributed by atoms with Gasteiger partial charge in [0.15, 0.2) is 0 Å². The molecule has 0 aliphatic carbocycles. The number of amides is 7. The summed E-state index contributed by atoms with van der Waals surface area (Å²) in [5, 5.41) is 17.4. The molecule has 258 valence electrons. The van der Waals surface area contributed by atoms with E-state index in [0.717, 1.165) is 16.0 Å². The first-order valence-electron chi connectivity index (χ1n) is 16.5. The second kappa shape index (κ2) is 14.3. The molecule has 0 unspecified atom stereocenters.